The molecule has 7 heteroatoms. The van der Waals surface area contributed by atoms with Crippen molar-refractivity contribution in [2.75, 3.05) is 20.3 Å². The summed E-state index contributed by atoms with van der Waals surface area (Å²) in [6.07, 6.45) is 0.227. The number of methoxy groups -OCH3 is 1. The maximum atomic E-state index is 12.6. The maximum absolute atomic E-state index is 12.6. The molecular weight excluding hydrogens is 366 g/mol. The van der Waals surface area contributed by atoms with Gasteiger partial charge in [-0.1, -0.05) is 13.0 Å². The van der Waals surface area contributed by atoms with Gasteiger partial charge in [0, 0.05) is 11.3 Å². The first kappa shape index (κ1) is 19.0. The van der Waals surface area contributed by atoms with Crippen LogP contribution in [0.1, 0.15) is 24.3 Å². The standard InChI is InChI=1S/C20H21NO5S/c1-3-15(22)17-18(16-5-4-12-27-16)21(20(24)19(17)23)10-11-26-14-8-6-13(25-2)7-9-14/h4-9,12,18,23H,3,10-11H2,1-2H3. The van der Waals surface area contributed by atoms with Crippen molar-refractivity contribution < 1.29 is 24.2 Å². The Hall–Kier alpha value is -2.80. The molecule has 1 unspecified atom stereocenters. The van der Waals surface area contributed by atoms with Gasteiger partial charge >= 0.3 is 0 Å². The number of carbonyl (C=O) groups is 2. The number of Topliss-reactive ketones (excluding diaryl/α,β-unsaturated/α-hetero) is 1. The van der Waals surface area contributed by atoms with Crippen LogP contribution in [0.4, 0.5) is 0 Å². The number of thiophene rings is 1. The molecule has 1 aliphatic rings. The Kier molecular flexibility index (Phi) is 5.81. The molecule has 0 bridgehead atoms. The second-order valence-electron chi connectivity index (χ2n) is 5.98. The molecule has 142 valence electrons. The lowest BCUT2D eigenvalue weighted by atomic mass is 10.0. The largest absolute Gasteiger partial charge is 0.503 e. The number of carbonyl (C=O) groups excluding carboxylic acids is 2. The van der Waals surface area contributed by atoms with Crippen molar-refractivity contribution >= 4 is 23.0 Å². The molecule has 2 heterocycles. The number of amides is 1. The molecule has 1 aliphatic heterocycles. The Labute approximate surface area is 161 Å². The first-order valence-electron chi connectivity index (χ1n) is 8.64. The van der Waals surface area contributed by atoms with Crippen molar-refractivity contribution in [3.05, 3.63) is 58.0 Å². The quantitative estimate of drug-likeness (QED) is 0.750. The molecule has 1 aromatic carbocycles. The fourth-order valence-corrected chi connectivity index (χ4v) is 3.88. The topological polar surface area (TPSA) is 76.1 Å². The summed E-state index contributed by atoms with van der Waals surface area (Å²) >= 11 is 1.45. The van der Waals surface area contributed by atoms with Crippen LogP contribution in [-0.4, -0.2) is 42.0 Å². The third-order valence-electron chi connectivity index (χ3n) is 4.40. The molecular formula is C20H21NO5S. The van der Waals surface area contributed by atoms with Crippen molar-refractivity contribution in [2.45, 2.75) is 19.4 Å². The van der Waals surface area contributed by atoms with Crippen LogP contribution in [0.2, 0.25) is 0 Å². The van der Waals surface area contributed by atoms with Gasteiger partial charge in [0.15, 0.2) is 11.5 Å². The van der Waals surface area contributed by atoms with Crippen LogP contribution < -0.4 is 9.47 Å². The van der Waals surface area contributed by atoms with Crippen LogP contribution in [0.3, 0.4) is 0 Å². The number of hydrogen-bond donors (Lipinski definition) is 1. The van der Waals surface area contributed by atoms with Crippen LogP contribution in [0.15, 0.2) is 53.1 Å². The lowest BCUT2D eigenvalue weighted by Gasteiger charge is -2.25. The van der Waals surface area contributed by atoms with Gasteiger partial charge in [0.25, 0.3) is 5.91 Å². The van der Waals surface area contributed by atoms with E-state index in [1.54, 1.807) is 38.3 Å². The van der Waals surface area contributed by atoms with E-state index < -0.39 is 17.7 Å². The molecule has 0 fully saturated rings. The van der Waals surface area contributed by atoms with Crippen molar-refractivity contribution in [3.63, 3.8) is 0 Å². The maximum Gasteiger partial charge on any atom is 0.290 e. The molecule has 3 rings (SSSR count). The SMILES string of the molecule is CCC(=O)C1=C(O)C(=O)N(CCOc2ccc(OC)cc2)C1c1cccs1. The summed E-state index contributed by atoms with van der Waals surface area (Å²) in [6, 6.07) is 10.3. The highest BCUT2D eigenvalue weighted by Gasteiger charge is 2.43. The normalized spacial score (nSPS) is 16.7. The summed E-state index contributed by atoms with van der Waals surface area (Å²) in [5.41, 5.74) is 0.175. The van der Waals surface area contributed by atoms with E-state index >= 15 is 0 Å². The zero-order valence-electron chi connectivity index (χ0n) is 15.2. The lowest BCUT2D eigenvalue weighted by Crippen LogP contribution is -2.34. The van der Waals surface area contributed by atoms with E-state index in [9.17, 15) is 14.7 Å². The van der Waals surface area contributed by atoms with Crippen molar-refractivity contribution in [3.8, 4) is 11.5 Å². The lowest BCUT2D eigenvalue weighted by molar-refractivity contribution is -0.129. The van der Waals surface area contributed by atoms with E-state index in [1.807, 2.05) is 17.5 Å². The molecule has 0 aliphatic carbocycles. The molecule has 27 heavy (non-hydrogen) atoms. The average molecular weight is 387 g/mol. The minimum atomic E-state index is -0.565. The van der Waals surface area contributed by atoms with Crippen LogP contribution in [0, 0.1) is 0 Å². The van der Waals surface area contributed by atoms with E-state index in [4.69, 9.17) is 9.47 Å². The van der Waals surface area contributed by atoms with Gasteiger partial charge in [0.05, 0.1) is 25.3 Å². The van der Waals surface area contributed by atoms with Crippen molar-refractivity contribution in [1.29, 1.82) is 0 Å². The second-order valence-corrected chi connectivity index (χ2v) is 6.96. The third kappa shape index (κ3) is 3.83. The smallest absolute Gasteiger partial charge is 0.290 e. The molecule has 0 spiro atoms. The Morgan fingerprint density at radius 3 is 2.52 bits per heavy atom. The van der Waals surface area contributed by atoms with Crippen LogP contribution in [0.5, 0.6) is 11.5 Å². The predicted molar refractivity (Wildman–Crippen MR) is 102 cm³/mol. The highest BCUT2D eigenvalue weighted by Crippen LogP contribution is 2.39. The molecule has 6 nitrogen and oxygen atoms in total. The number of ether oxygens (including phenoxy) is 2. The fourth-order valence-electron chi connectivity index (χ4n) is 3.04. The van der Waals surface area contributed by atoms with E-state index in [2.05, 4.69) is 0 Å². The third-order valence-corrected chi connectivity index (χ3v) is 5.32. The van der Waals surface area contributed by atoms with E-state index in [0.717, 1.165) is 10.6 Å². The Morgan fingerprint density at radius 1 is 1.22 bits per heavy atom. The highest BCUT2D eigenvalue weighted by atomic mass is 32.1. The van der Waals surface area contributed by atoms with Crippen molar-refractivity contribution in [2.24, 2.45) is 0 Å². The van der Waals surface area contributed by atoms with Gasteiger partial charge in [-0.05, 0) is 35.7 Å². The number of aliphatic hydroxyl groups is 1. The van der Waals surface area contributed by atoms with Gasteiger partial charge in [0.2, 0.25) is 0 Å². The summed E-state index contributed by atoms with van der Waals surface area (Å²) < 4.78 is 10.8. The molecule has 0 saturated heterocycles. The second kappa shape index (κ2) is 8.26. The molecule has 0 saturated carbocycles. The van der Waals surface area contributed by atoms with E-state index in [1.165, 1.54) is 16.2 Å². The van der Waals surface area contributed by atoms with E-state index in [-0.39, 0.29) is 30.9 Å². The van der Waals surface area contributed by atoms with Crippen LogP contribution >= 0.6 is 11.3 Å². The molecule has 0 radical (unpaired) electrons. The molecule has 1 aromatic heterocycles. The monoisotopic (exact) mass is 387 g/mol. The van der Waals surface area contributed by atoms with Crippen LogP contribution in [-0.2, 0) is 9.59 Å². The van der Waals surface area contributed by atoms with E-state index in [0.29, 0.717) is 5.75 Å². The number of benzene rings is 1. The Bertz CT molecular complexity index is 842. The van der Waals surface area contributed by atoms with Gasteiger partial charge in [-0.2, -0.15) is 0 Å². The number of rotatable bonds is 8. The number of aliphatic hydroxyl groups excluding tert-OH is 1. The molecule has 2 aromatic rings. The summed E-state index contributed by atoms with van der Waals surface area (Å²) in [6.45, 7) is 2.20. The number of hydrogen-bond acceptors (Lipinski definition) is 6. The highest BCUT2D eigenvalue weighted by molar-refractivity contribution is 7.10. The van der Waals surface area contributed by atoms with Gasteiger partial charge in [-0.3, -0.25) is 9.59 Å². The summed E-state index contributed by atoms with van der Waals surface area (Å²) in [4.78, 5) is 27.2. The summed E-state index contributed by atoms with van der Waals surface area (Å²) in [7, 11) is 1.59. The first-order chi connectivity index (χ1) is 13.1. The number of ketones is 1. The van der Waals surface area contributed by atoms with Crippen molar-refractivity contribution in [1.82, 2.24) is 4.90 Å². The minimum absolute atomic E-state index is 0.175. The molecule has 1 N–H and O–H groups in total. The van der Waals surface area contributed by atoms with Gasteiger partial charge in [-0.15, -0.1) is 11.3 Å². The van der Waals surface area contributed by atoms with Gasteiger partial charge in [0.1, 0.15) is 18.1 Å². The Balaban J connectivity index is 1.75. The predicted octanol–water partition coefficient (Wildman–Crippen LogP) is 3.51. The van der Waals surface area contributed by atoms with Crippen LogP contribution in [0.25, 0.3) is 0 Å². The minimum Gasteiger partial charge on any atom is -0.503 e. The zero-order chi connectivity index (χ0) is 19.4. The Morgan fingerprint density at radius 2 is 1.93 bits per heavy atom. The number of nitrogens with zero attached hydrogens (tertiary/aromatic N) is 1. The molecule has 1 atom stereocenters. The fraction of sp³-hybridized carbons (Fsp3) is 0.300. The van der Waals surface area contributed by atoms with Gasteiger partial charge < -0.3 is 19.5 Å². The zero-order valence-corrected chi connectivity index (χ0v) is 16.0. The van der Waals surface area contributed by atoms with Gasteiger partial charge in [-0.25, -0.2) is 0 Å². The summed E-state index contributed by atoms with van der Waals surface area (Å²) in [5, 5.41) is 12.2. The average Bonchev–Trinajstić information content (AvgIpc) is 3.30. The molecule has 1 amide bonds. The summed E-state index contributed by atoms with van der Waals surface area (Å²) in [5.74, 6) is 0.162. The first-order valence-corrected chi connectivity index (χ1v) is 9.52.